The second-order valence-corrected chi connectivity index (χ2v) is 7.79. The van der Waals surface area contributed by atoms with Crippen LogP contribution in [-0.4, -0.2) is 85.2 Å². The molecule has 10 heteroatoms. The Bertz CT molecular complexity index is 1020. The third-order valence-corrected chi connectivity index (χ3v) is 5.74. The summed E-state index contributed by atoms with van der Waals surface area (Å²) in [4.78, 5) is 39.5. The second kappa shape index (κ2) is 10.3. The van der Waals surface area contributed by atoms with Crippen molar-refractivity contribution in [1.82, 2.24) is 25.1 Å². The highest BCUT2D eigenvalue weighted by Crippen LogP contribution is 2.28. The number of piperazine rings is 1. The van der Waals surface area contributed by atoms with Gasteiger partial charge in [-0.25, -0.2) is 14.8 Å². The Morgan fingerprint density at radius 3 is 2.42 bits per heavy atom. The van der Waals surface area contributed by atoms with Gasteiger partial charge in [-0.15, -0.1) is 0 Å². The van der Waals surface area contributed by atoms with Crippen LogP contribution < -0.4 is 19.7 Å². The lowest BCUT2D eigenvalue weighted by Gasteiger charge is -2.34. The summed E-state index contributed by atoms with van der Waals surface area (Å²) in [6.45, 7) is 4.67. The average molecular weight is 453 g/mol. The van der Waals surface area contributed by atoms with Gasteiger partial charge in [-0.05, 0) is 42.8 Å². The van der Waals surface area contributed by atoms with Crippen LogP contribution >= 0.6 is 0 Å². The molecule has 2 aliphatic heterocycles. The summed E-state index contributed by atoms with van der Waals surface area (Å²) in [6, 6.07) is 6.74. The average Bonchev–Trinajstić information content (AvgIpc) is 3.12. The zero-order valence-corrected chi connectivity index (χ0v) is 18.9. The van der Waals surface area contributed by atoms with E-state index in [9.17, 15) is 9.59 Å². The fraction of sp³-hybridized carbons (Fsp3) is 0.391. The van der Waals surface area contributed by atoms with Crippen molar-refractivity contribution >= 4 is 24.0 Å². The first-order chi connectivity index (χ1) is 16.1. The van der Waals surface area contributed by atoms with Gasteiger partial charge in [0.1, 0.15) is 5.70 Å². The molecule has 1 aromatic heterocycles. The summed E-state index contributed by atoms with van der Waals surface area (Å²) in [7, 11) is 3.11. The number of methoxy groups -OCH3 is 2. The van der Waals surface area contributed by atoms with Crippen molar-refractivity contribution < 1.29 is 19.1 Å². The number of imide groups is 1. The van der Waals surface area contributed by atoms with E-state index in [0.29, 0.717) is 24.5 Å². The van der Waals surface area contributed by atoms with Crippen LogP contribution in [-0.2, 0) is 4.79 Å². The van der Waals surface area contributed by atoms with Gasteiger partial charge in [-0.3, -0.25) is 14.6 Å². The van der Waals surface area contributed by atoms with Crippen LogP contribution in [0.1, 0.15) is 12.0 Å². The lowest BCUT2D eigenvalue weighted by molar-refractivity contribution is -0.122. The molecule has 2 fully saturated rings. The van der Waals surface area contributed by atoms with Crippen LogP contribution in [0.5, 0.6) is 11.5 Å². The van der Waals surface area contributed by atoms with Gasteiger partial charge in [-0.2, -0.15) is 0 Å². The van der Waals surface area contributed by atoms with Crippen LogP contribution in [0.4, 0.5) is 10.7 Å². The molecule has 0 unspecified atom stereocenters. The van der Waals surface area contributed by atoms with E-state index in [1.54, 1.807) is 50.9 Å². The van der Waals surface area contributed by atoms with Crippen LogP contribution in [0.15, 0.2) is 42.4 Å². The van der Waals surface area contributed by atoms with Crippen LogP contribution in [0.2, 0.25) is 0 Å². The number of nitrogens with one attached hydrogen (secondary N) is 1. The van der Waals surface area contributed by atoms with Crippen LogP contribution in [0, 0.1) is 0 Å². The van der Waals surface area contributed by atoms with Gasteiger partial charge in [0.05, 0.1) is 14.2 Å². The van der Waals surface area contributed by atoms with E-state index < -0.39 is 6.03 Å². The molecule has 0 radical (unpaired) electrons. The van der Waals surface area contributed by atoms with Gasteiger partial charge in [0.15, 0.2) is 11.5 Å². The number of hydrogen-bond acceptors (Lipinski definition) is 8. The number of rotatable bonds is 8. The Hall–Kier alpha value is -3.66. The highest BCUT2D eigenvalue weighted by molar-refractivity contribution is 6.13. The third kappa shape index (κ3) is 5.23. The first-order valence-electron chi connectivity index (χ1n) is 10.9. The molecule has 33 heavy (non-hydrogen) atoms. The minimum atomic E-state index is -0.391. The van der Waals surface area contributed by atoms with Crippen molar-refractivity contribution in [2.45, 2.75) is 6.42 Å². The molecule has 2 aliphatic rings. The number of urea groups is 1. The highest BCUT2D eigenvalue weighted by Gasteiger charge is 2.33. The normalized spacial score (nSPS) is 18.1. The highest BCUT2D eigenvalue weighted by atomic mass is 16.5. The van der Waals surface area contributed by atoms with E-state index in [-0.39, 0.29) is 11.6 Å². The molecule has 2 saturated heterocycles. The number of aromatic nitrogens is 2. The molecule has 0 saturated carbocycles. The molecule has 2 aromatic rings. The fourth-order valence-corrected chi connectivity index (χ4v) is 3.96. The number of amides is 3. The van der Waals surface area contributed by atoms with E-state index >= 15 is 0 Å². The first kappa shape index (κ1) is 22.5. The smallest absolute Gasteiger partial charge is 0.329 e. The largest absolute Gasteiger partial charge is 0.493 e. The van der Waals surface area contributed by atoms with Crippen molar-refractivity contribution in [2.24, 2.45) is 0 Å². The van der Waals surface area contributed by atoms with Gasteiger partial charge in [-0.1, -0.05) is 6.07 Å². The Morgan fingerprint density at radius 1 is 1.00 bits per heavy atom. The van der Waals surface area contributed by atoms with E-state index in [2.05, 4.69) is 25.1 Å². The molecule has 10 nitrogen and oxygen atoms in total. The number of benzene rings is 1. The zero-order chi connectivity index (χ0) is 23.2. The number of ether oxygens (including phenoxy) is 2. The maximum Gasteiger partial charge on any atom is 0.329 e. The summed E-state index contributed by atoms with van der Waals surface area (Å²) in [5.74, 6) is 1.59. The summed E-state index contributed by atoms with van der Waals surface area (Å²) in [5, 5.41) is 2.67. The fourth-order valence-electron chi connectivity index (χ4n) is 3.96. The Labute approximate surface area is 192 Å². The maximum absolute atomic E-state index is 12.8. The van der Waals surface area contributed by atoms with E-state index in [1.807, 2.05) is 6.07 Å². The van der Waals surface area contributed by atoms with Crippen molar-refractivity contribution in [3.8, 4) is 11.5 Å². The van der Waals surface area contributed by atoms with E-state index in [4.69, 9.17) is 9.47 Å². The van der Waals surface area contributed by atoms with Gasteiger partial charge < -0.3 is 19.7 Å². The van der Waals surface area contributed by atoms with Crippen molar-refractivity contribution in [3.63, 3.8) is 0 Å². The number of carbonyl (C=O) groups excluding carboxylic acids is 2. The summed E-state index contributed by atoms with van der Waals surface area (Å²) in [5.41, 5.74) is 0.988. The molecule has 0 spiro atoms. The molecule has 4 rings (SSSR count). The minimum absolute atomic E-state index is 0.253. The van der Waals surface area contributed by atoms with Gasteiger partial charge in [0.2, 0.25) is 5.95 Å². The second-order valence-electron chi connectivity index (χ2n) is 7.79. The van der Waals surface area contributed by atoms with Crippen molar-refractivity contribution in [3.05, 3.63) is 47.9 Å². The summed E-state index contributed by atoms with van der Waals surface area (Å²) in [6.07, 6.45) is 5.86. The molecule has 3 heterocycles. The Morgan fingerprint density at radius 2 is 1.73 bits per heavy atom. The molecule has 174 valence electrons. The molecule has 0 aliphatic carbocycles. The monoisotopic (exact) mass is 452 g/mol. The zero-order valence-electron chi connectivity index (χ0n) is 18.9. The molecular formula is C23H28N6O4. The molecule has 0 bridgehead atoms. The number of anilines is 1. The molecule has 0 atom stereocenters. The molecule has 1 N–H and O–H groups in total. The van der Waals surface area contributed by atoms with Gasteiger partial charge in [0, 0.05) is 45.1 Å². The number of hydrogen-bond donors (Lipinski definition) is 1. The van der Waals surface area contributed by atoms with Crippen molar-refractivity contribution in [2.75, 3.05) is 58.4 Å². The SMILES string of the molecule is COc1ccc(/C=C2\NC(=O)N(CCCN3CCN(c4ncccn4)CC3)C2=O)cc1OC. The maximum atomic E-state index is 12.8. The number of nitrogens with zero attached hydrogens (tertiary/aromatic N) is 5. The molecular weight excluding hydrogens is 424 g/mol. The predicted molar refractivity (Wildman–Crippen MR) is 123 cm³/mol. The first-order valence-corrected chi connectivity index (χ1v) is 10.9. The van der Waals surface area contributed by atoms with Gasteiger partial charge in [0.25, 0.3) is 5.91 Å². The lowest BCUT2D eigenvalue weighted by atomic mass is 10.1. The molecule has 3 amide bonds. The van der Waals surface area contributed by atoms with E-state index in [1.165, 1.54) is 4.90 Å². The Kier molecular flexibility index (Phi) is 7.04. The standard InChI is InChI=1S/C23H28N6O4/c1-32-19-6-5-17(16-20(19)33-2)15-18-21(30)29(23(31)26-18)10-4-9-27-11-13-28(14-12-27)22-24-7-3-8-25-22/h3,5-8,15-16H,4,9-14H2,1-2H3,(H,26,31)/b18-15-. The quantitative estimate of drug-likeness (QED) is 0.476. The summed E-state index contributed by atoms with van der Waals surface area (Å²) < 4.78 is 10.5. The number of carbonyl (C=O) groups is 2. The van der Waals surface area contributed by atoms with Crippen LogP contribution in [0.3, 0.4) is 0 Å². The predicted octanol–water partition coefficient (Wildman–Crippen LogP) is 1.60. The Balaban J connectivity index is 1.28. The third-order valence-electron chi connectivity index (χ3n) is 5.74. The summed E-state index contributed by atoms with van der Waals surface area (Å²) >= 11 is 0. The molecule has 1 aromatic carbocycles. The van der Waals surface area contributed by atoms with Crippen LogP contribution in [0.25, 0.3) is 6.08 Å². The topological polar surface area (TPSA) is 100 Å². The lowest BCUT2D eigenvalue weighted by Crippen LogP contribution is -2.47. The van der Waals surface area contributed by atoms with Crippen molar-refractivity contribution in [1.29, 1.82) is 0 Å². The van der Waals surface area contributed by atoms with E-state index in [0.717, 1.165) is 44.2 Å². The minimum Gasteiger partial charge on any atom is -0.493 e. The van der Waals surface area contributed by atoms with Gasteiger partial charge >= 0.3 is 6.03 Å².